The molecule has 1 saturated heterocycles. The summed E-state index contributed by atoms with van der Waals surface area (Å²) < 4.78 is 28.6. The number of aromatic nitrogens is 2. The number of piperidine rings is 1. The van der Waals surface area contributed by atoms with Crippen LogP contribution in [0, 0.1) is 18.3 Å². The summed E-state index contributed by atoms with van der Waals surface area (Å²) in [5.74, 6) is 0.897. The highest BCUT2D eigenvalue weighted by molar-refractivity contribution is 7.90. The Morgan fingerprint density at radius 1 is 1.17 bits per heavy atom. The molecule has 8 heteroatoms. The lowest BCUT2D eigenvalue weighted by Crippen LogP contribution is -2.43. The minimum atomic E-state index is -3.10. The molecule has 0 bridgehead atoms. The zero-order chi connectivity index (χ0) is 20.2. The summed E-state index contributed by atoms with van der Waals surface area (Å²) in [6, 6.07) is 12.3. The summed E-state index contributed by atoms with van der Waals surface area (Å²) in [6.07, 6.45) is 3.13. The van der Waals surface area contributed by atoms with Crippen molar-refractivity contribution in [2.45, 2.75) is 43.9 Å². The van der Waals surface area contributed by atoms with Gasteiger partial charge in [-0.2, -0.15) is 5.26 Å². The van der Waals surface area contributed by atoms with E-state index < -0.39 is 10.0 Å². The van der Waals surface area contributed by atoms with Crippen molar-refractivity contribution in [2.75, 3.05) is 18.4 Å². The van der Waals surface area contributed by atoms with Gasteiger partial charge in [-0.1, -0.05) is 12.1 Å². The van der Waals surface area contributed by atoms with E-state index in [-0.39, 0.29) is 11.3 Å². The maximum absolute atomic E-state index is 12.5. The number of aryl methyl sites for hydroxylation is 1. The molecule has 150 valence electrons. The molecule has 1 aromatic carbocycles. The molecule has 3 heterocycles. The molecule has 1 aliphatic heterocycles. The number of anilines is 1. The predicted octanol–water partition coefficient (Wildman–Crippen LogP) is 3.04. The summed E-state index contributed by atoms with van der Waals surface area (Å²) in [7, 11) is -3.10. The molecule has 1 saturated carbocycles. The van der Waals surface area contributed by atoms with Gasteiger partial charge in [0.05, 0.1) is 21.8 Å². The van der Waals surface area contributed by atoms with E-state index in [0.29, 0.717) is 24.3 Å². The van der Waals surface area contributed by atoms with Gasteiger partial charge < -0.3 is 5.32 Å². The largest absolute Gasteiger partial charge is 0.368 e. The second-order valence-electron chi connectivity index (χ2n) is 8.02. The first-order valence-corrected chi connectivity index (χ1v) is 11.6. The number of hydrogen-bond donors (Lipinski definition) is 1. The maximum atomic E-state index is 12.5. The van der Waals surface area contributed by atoms with E-state index in [4.69, 9.17) is 0 Å². The van der Waals surface area contributed by atoms with Crippen LogP contribution in [0.1, 0.15) is 36.8 Å². The summed E-state index contributed by atoms with van der Waals surface area (Å²) in [5.41, 5.74) is 3.92. The minimum absolute atomic E-state index is 0.148. The second-order valence-corrected chi connectivity index (χ2v) is 10.2. The first kappa shape index (κ1) is 18.4. The zero-order valence-corrected chi connectivity index (χ0v) is 17.1. The molecule has 5 rings (SSSR count). The predicted molar refractivity (Wildman–Crippen MR) is 112 cm³/mol. The van der Waals surface area contributed by atoms with E-state index in [1.807, 2.05) is 41.7 Å². The molecule has 1 aliphatic carbocycles. The third-order valence-corrected chi connectivity index (χ3v) is 8.39. The van der Waals surface area contributed by atoms with Crippen molar-refractivity contribution in [1.82, 2.24) is 13.7 Å². The van der Waals surface area contributed by atoms with Gasteiger partial charge in [0.15, 0.2) is 5.65 Å². The molecule has 0 atom stereocenters. The Morgan fingerprint density at radius 2 is 1.90 bits per heavy atom. The second kappa shape index (κ2) is 6.71. The van der Waals surface area contributed by atoms with Gasteiger partial charge in [0.1, 0.15) is 11.9 Å². The third kappa shape index (κ3) is 3.05. The zero-order valence-electron chi connectivity index (χ0n) is 16.3. The molecule has 2 fully saturated rings. The number of imidazole rings is 1. The number of fused-ring (bicyclic) bond motifs is 3. The molecule has 2 aromatic heterocycles. The van der Waals surface area contributed by atoms with Crippen LogP contribution in [0.4, 0.5) is 5.82 Å². The van der Waals surface area contributed by atoms with Gasteiger partial charge in [-0.25, -0.2) is 17.7 Å². The van der Waals surface area contributed by atoms with Crippen LogP contribution in [0.5, 0.6) is 0 Å². The number of benzene rings is 1. The molecule has 3 aromatic rings. The highest BCUT2D eigenvalue weighted by Gasteiger charge is 2.41. The Labute approximate surface area is 170 Å². The molecule has 2 aliphatic rings. The molecule has 0 spiro atoms. The minimum Gasteiger partial charge on any atom is -0.368 e. The Bertz CT molecular complexity index is 1250. The number of rotatable bonds is 4. The lowest BCUT2D eigenvalue weighted by molar-refractivity contribution is 0.329. The van der Waals surface area contributed by atoms with Crippen LogP contribution in [0.3, 0.4) is 0 Å². The first-order valence-electron chi connectivity index (χ1n) is 10.1. The Hall–Kier alpha value is -2.63. The first-order chi connectivity index (χ1) is 14.0. The fraction of sp³-hybridized carbons (Fsp3) is 0.429. The van der Waals surface area contributed by atoms with Crippen LogP contribution in [-0.4, -0.2) is 46.5 Å². The van der Waals surface area contributed by atoms with E-state index in [1.54, 1.807) is 4.31 Å². The highest BCUT2D eigenvalue weighted by Crippen LogP contribution is 2.33. The lowest BCUT2D eigenvalue weighted by Gasteiger charge is -2.32. The summed E-state index contributed by atoms with van der Waals surface area (Å²) >= 11 is 0. The number of pyridine rings is 1. The van der Waals surface area contributed by atoms with Gasteiger partial charge in [0.2, 0.25) is 10.0 Å². The fourth-order valence-electron chi connectivity index (χ4n) is 4.24. The number of hydrogen-bond acceptors (Lipinski definition) is 5. The van der Waals surface area contributed by atoms with Crippen LogP contribution < -0.4 is 5.32 Å². The lowest BCUT2D eigenvalue weighted by atomic mass is 10.1. The van der Waals surface area contributed by atoms with Crippen LogP contribution in [-0.2, 0) is 10.0 Å². The molecular weight excluding hydrogens is 386 g/mol. The van der Waals surface area contributed by atoms with Crippen molar-refractivity contribution in [1.29, 1.82) is 5.26 Å². The van der Waals surface area contributed by atoms with Gasteiger partial charge in [-0.15, -0.1) is 0 Å². The summed E-state index contributed by atoms with van der Waals surface area (Å²) in [6.45, 7) is 3.03. The van der Waals surface area contributed by atoms with Crippen molar-refractivity contribution >= 4 is 32.5 Å². The quantitative estimate of drug-likeness (QED) is 0.715. The monoisotopic (exact) mass is 409 g/mol. The van der Waals surface area contributed by atoms with Crippen LogP contribution in [0.25, 0.3) is 16.7 Å². The number of nitriles is 1. The van der Waals surface area contributed by atoms with Gasteiger partial charge in [0.25, 0.3) is 0 Å². The fourth-order valence-corrected chi connectivity index (χ4v) is 6.11. The van der Waals surface area contributed by atoms with Crippen molar-refractivity contribution in [3.05, 3.63) is 41.5 Å². The molecule has 0 radical (unpaired) electrons. The van der Waals surface area contributed by atoms with Crippen LogP contribution in [0.15, 0.2) is 30.3 Å². The van der Waals surface area contributed by atoms with Crippen LogP contribution >= 0.6 is 0 Å². The molecule has 0 amide bonds. The van der Waals surface area contributed by atoms with Crippen molar-refractivity contribution in [3.8, 4) is 6.07 Å². The number of sulfonamides is 1. The van der Waals surface area contributed by atoms with Crippen molar-refractivity contribution in [2.24, 2.45) is 0 Å². The van der Waals surface area contributed by atoms with E-state index in [9.17, 15) is 13.7 Å². The van der Waals surface area contributed by atoms with Crippen molar-refractivity contribution in [3.63, 3.8) is 0 Å². The van der Waals surface area contributed by atoms with Gasteiger partial charge >= 0.3 is 0 Å². The normalized spacial score (nSPS) is 18.9. The molecule has 1 N–H and O–H groups in total. The Kier molecular flexibility index (Phi) is 4.26. The van der Waals surface area contributed by atoms with E-state index in [1.165, 1.54) is 0 Å². The number of para-hydroxylation sites is 2. The summed E-state index contributed by atoms with van der Waals surface area (Å²) in [4.78, 5) is 4.68. The average molecular weight is 410 g/mol. The van der Waals surface area contributed by atoms with Gasteiger partial charge in [-0.05, 0) is 56.4 Å². The summed E-state index contributed by atoms with van der Waals surface area (Å²) in [5, 5.41) is 13.1. The van der Waals surface area contributed by atoms with E-state index in [2.05, 4.69) is 16.4 Å². The SMILES string of the molecule is Cc1cc(NC2CCN(S(=O)(=O)C3CC3)CC2)n2c(nc3ccccc32)c1C#N. The Balaban J connectivity index is 1.46. The number of nitrogens with one attached hydrogen (secondary N) is 1. The maximum Gasteiger partial charge on any atom is 0.216 e. The topological polar surface area (TPSA) is 90.5 Å². The smallest absolute Gasteiger partial charge is 0.216 e. The molecule has 0 unspecified atom stereocenters. The molecule has 7 nitrogen and oxygen atoms in total. The molecule has 29 heavy (non-hydrogen) atoms. The van der Waals surface area contributed by atoms with E-state index in [0.717, 1.165) is 48.1 Å². The number of nitrogens with zero attached hydrogens (tertiary/aromatic N) is 4. The highest BCUT2D eigenvalue weighted by atomic mass is 32.2. The van der Waals surface area contributed by atoms with Gasteiger partial charge in [-0.3, -0.25) is 4.40 Å². The average Bonchev–Trinajstić information content (AvgIpc) is 3.50. The van der Waals surface area contributed by atoms with E-state index >= 15 is 0 Å². The van der Waals surface area contributed by atoms with Gasteiger partial charge in [0, 0.05) is 19.1 Å². The molecular formula is C21H23N5O2S. The third-order valence-electron chi connectivity index (χ3n) is 6.00. The van der Waals surface area contributed by atoms with Crippen LogP contribution in [0.2, 0.25) is 0 Å². The Morgan fingerprint density at radius 3 is 2.59 bits per heavy atom. The van der Waals surface area contributed by atoms with Crippen molar-refractivity contribution < 1.29 is 8.42 Å². The standard InChI is InChI=1S/C21H23N5O2S/c1-14-12-20(23-15-8-10-25(11-9-15)29(27,28)16-6-7-16)26-19-5-3-2-4-18(19)24-21(26)17(14)13-22/h2-5,12,15-16,23H,6-11H2,1H3.